The van der Waals surface area contributed by atoms with Gasteiger partial charge in [0.25, 0.3) is 5.69 Å². The Balaban J connectivity index is 0.00000128. The Morgan fingerprint density at radius 2 is 2.19 bits per heavy atom. The number of non-ortho nitro benzene ring substituents is 1. The van der Waals surface area contributed by atoms with Crippen LogP contribution in [0.4, 0.5) is 5.69 Å². The van der Waals surface area contributed by atoms with Gasteiger partial charge in [-0.2, -0.15) is 0 Å². The van der Waals surface area contributed by atoms with Crippen molar-refractivity contribution in [1.82, 2.24) is 4.98 Å². The van der Waals surface area contributed by atoms with E-state index in [1.165, 1.54) is 19.4 Å². The Kier molecular flexibility index (Phi) is 3.63. The van der Waals surface area contributed by atoms with E-state index >= 15 is 0 Å². The number of hydrogen-bond acceptors (Lipinski definition) is 4. The number of halogens is 1. The highest BCUT2D eigenvalue weighted by Crippen LogP contribution is 2.28. The lowest BCUT2D eigenvalue weighted by Crippen LogP contribution is -1.93. The molecule has 16 heavy (non-hydrogen) atoms. The van der Waals surface area contributed by atoms with Gasteiger partial charge in [-0.25, -0.2) is 4.98 Å². The second-order valence-electron chi connectivity index (χ2n) is 2.98. The number of nitrogens with zero attached hydrogens (tertiary/aromatic N) is 2. The lowest BCUT2D eigenvalue weighted by molar-refractivity contribution is -0.383. The molecule has 1 aromatic heterocycles. The number of benzene rings is 1. The van der Waals surface area contributed by atoms with Crippen LogP contribution in [0.2, 0.25) is 0 Å². The zero-order chi connectivity index (χ0) is 10.8. The molecule has 0 saturated carbocycles. The van der Waals surface area contributed by atoms with Gasteiger partial charge in [0.15, 0.2) is 0 Å². The van der Waals surface area contributed by atoms with Crippen molar-refractivity contribution in [1.29, 1.82) is 0 Å². The second-order valence-corrected chi connectivity index (χ2v) is 2.98. The quantitative estimate of drug-likeness (QED) is 0.598. The van der Waals surface area contributed by atoms with E-state index in [0.29, 0.717) is 16.7 Å². The van der Waals surface area contributed by atoms with E-state index in [-0.39, 0.29) is 18.1 Å². The molecule has 2 aromatic rings. The molecule has 0 aliphatic carbocycles. The van der Waals surface area contributed by atoms with Gasteiger partial charge in [0, 0.05) is 11.6 Å². The van der Waals surface area contributed by atoms with E-state index in [4.69, 9.17) is 4.74 Å². The van der Waals surface area contributed by atoms with Gasteiger partial charge in [-0.3, -0.25) is 10.1 Å². The molecule has 5 nitrogen and oxygen atoms in total. The first-order valence-electron chi connectivity index (χ1n) is 4.29. The predicted octanol–water partition coefficient (Wildman–Crippen LogP) is 2.57. The molecule has 2 rings (SSSR count). The van der Waals surface area contributed by atoms with Crippen LogP contribution in [0.5, 0.6) is 5.75 Å². The Labute approximate surface area is 97.6 Å². The van der Waals surface area contributed by atoms with Crippen LogP contribution in [0.3, 0.4) is 0 Å². The summed E-state index contributed by atoms with van der Waals surface area (Å²) >= 11 is 0. The monoisotopic (exact) mass is 240 g/mol. The minimum absolute atomic E-state index is 0. The predicted molar refractivity (Wildman–Crippen MR) is 62.2 cm³/mol. The summed E-state index contributed by atoms with van der Waals surface area (Å²) in [4.78, 5) is 14.3. The van der Waals surface area contributed by atoms with Crippen molar-refractivity contribution in [2.75, 3.05) is 7.11 Å². The van der Waals surface area contributed by atoms with Crippen molar-refractivity contribution in [3.8, 4) is 5.75 Å². The molecule has 0 bridgehead atoms. The molecular formula is C10H9ClN2O3. The van der Waals surface area contributed by atoms with Crippen molar-refractivity contribution in [2.24, 2.45) is 0 Å². The molecule has 0 amide bonds. The van der Waals surface area contributed by atoms with Crippen molar-refractivity contribution in [3.05, 3.63) is 40.6 Å². The zero-order valence-electron chi connectivity index (χ0n) is 8.41. The molecule has 0 atom stereocenters. The molecule has 0 radical (unpaired) electrons. The molecule has 0 spiro atoms. The van der Waals surface area contributed by atoms with Gasteiger partial charge in [0.2, 0.25) is 0 Å². The SMILES string of the molecule is COc1cc([N+](=O)[O-])c2ncccc2c1.Cl. The first kappa shape index (κ1) is 12.2. The normalized spacial score (nSPS) is 9.56. The average molecular weight is 241 g/mol. The molecule has 84 valence electrons. The van der Waals surface area contributed by atoms with Crippen molar-refractivity contribution < 1.29 is 9.66 Å². The van der Waals surface area contributed by atoms with Gasteiger partial charge in [0.05, 0.1) is 18.1 Å². The molecule has 1 heterocycles. The fourth-order valence-corrected chi connectivity index (χ4v) is 1.40. The van der Waals surface area contributed by atoms with Crippen molar-refractivity contribution in [3.63, 3.8) is 0 Å². The highest BCUT2D eigenvalue weighted by atomic mass is 35.5. The van der Waals surface area contributed by atoms with E-state index in [0.717, 1.165) is 0 Å². The Morgan fingerprint density at radius 3 is 2.81 bits per heavy atom. The van der Waals surface area contributed by atoms with Crippen LogP contribution in [0, 0.1) is 10.1 Å². The second kappa shape index (κ2) is 4.76. The number of aromatic nitrogens is 1. The largest absolute Gasteiger partial charge is 0.496 e. The number of rotatable bonds is 2. The summed E-state index contributed by atoms with van der Waals surface area (Å²) in [5, 5.41) is 11.5. The van der Waals surface area contributed by atoms with Crippen LogP contribution < -0.4 is 4.74 Å². The minimum Gasteiger partial charge on any atom is -0.496 e. The summed E-state index contributed by atoms with van der Waals surface area (Å²) in [6.45, 7) is 0. The summed E-state index contributed by atoms with van der Waals surface area (Å²) in [5.41, 5.74) is 0.341. The Morgan fingerprint density at radius 1 is 1.44 bits per heavy atom. The van der Waals surface area contributed by atoms with E-state index < -0.39 is 4.92 Å². The first-order chi connectivity index (χ1) is 7.22. The zero-order valence-corrected chi connectivity index (χ0v) is 9.23. The van der Waals surface area contributed by atoms with Gasteiger partial charge >= 0.3 is 0 Å². The van der Waals surface area contributed by atoms with Gasteiger partial charge in [-0.05, 0) is 12.1 Å². The Bertz CT molecular complexity index is 530. The first-order valence-corrected chi connectivity index (χ1v) is 4.29. The fourth-order valence-electron chi connectivity index (χ4n) is 1.40. The maximum Gasteiger partial charge on any atom is 0.299 e. The molecule has 0 N–H and O–H groups in total. The number of fused-ring (bicyclic) bond motifs is 1. The van der Waals surface area contributed by atoms with Crippen LogP contribution >= 0.6 is 12.4 Å². The molecule has 0 aliphatic rings. The average Bonchev–Trinajstić information content (AvgIpc) is 2.27. The van der Waals surface area contributed by atoms with Crippen LogP contribution in [-0.4, -0.2) is 17.0 Å². The van der Waals surface area contributed by atoms with Crippen LogP contribution in [0.15, 0.2) is 30.5 Å². The molecular weight excluding hydrogens is 232 g/mol. The molecule has 6 heteroatoms. The van der Waals surface area contributed by atoms with Crippen molar-refractivity contribution in [2.45, 2.75) is 0 Å². The van der Waals surface area contributed by atoms with Crippen molar-refractivity contribution >= 4 is 29.0 Å². The summed E-state index contributed by atoms with van der Waals surface area (Å²) in [6.07, 6.45) is 1.53. The molecule has 0 saturated heterocycles. The maximum absolute atomic E-state index is 10.8. The third-order valence-corrected chi connectivity index (χ3v) is 2.09. The lowest BCUT2D eigenvalue weighted by Gasteiger charge is -2.02. The minimum atomic E-state index is -0.460. The van der Waals surface area contributed by atoms with E-state index in [2.05, 4.69) is 4.98 Å². The van der Waals surface area contributed by atoms with E-state index in [1.807, 2.05) is 0 Å². The molecule has 1 aromatic carbocycles. The summed E-state index contributed by atoms with van der Waals surface area (Å²) < 4.78 is 4.98. The highest BCUT2D eigenvalue weighted by Gasteiger charge is 2.14. The van der Waals surface area contributed by atoms with Crippen LogP contribution in [0.25, 0.3) is 10.9 Å². The third kappa shape index (κ3) is 2.04. The molecule has 0 aliphatic heterocycles. The van der Waals surface area contributed by atoms with E-state index in [9.17, 15) is 10.1 Å². The summed E-state index contributed by atoms with van der Waals surface area (Å²) in [5.74, 6) is 0.460. The smallest absolute Gasteiger partial charge is 0.299 e. The standard InChI is InChI=1S/C10H8N2O3.ClH/c1-15-8-5-7-3-2-4-11-10(7)9(6-8)12(13)14;/h2-6H,1H3;1H. The Hall–Kier alpha value is -1.88. The number of pyridine rings is 1. The van der Waals surface area contributed by atoms with Gasteiger partial charge in [-0.15, -0.1) is 12.4 Å². The van der Waals surface area contributed by atoms with Gasteiger partial charge in [-0.1, -0.05) is 6.07 Å². The number of hydrogen-bond donors (Lipinski definition) is 0. The molecule has 0 fully saturated rings. The van der Waals surface area contributed by atoms with Gasteiger partial charge < -0.3 is 4.74 Å². The highest BCUT2D eigenvalue weighted by molar-refractivity contribution is 5.88. The third-order valence-electron chi connectivity index (χ3n) is 2.09. The number of methoxy groups -OCH3 is 1. The number of ether oxygens (including phenoxy) is 1. The topological polar surface area (TPSA) is 65.3 Å². The summed E-state index contributed by atoms with van der Waals surface area (Å²) in [6, 6.07) is 6.58. The lowest BCUT2D eigenvalue weighted by atomic mass is 10.2. The fraction of sp³-hybridized carbons (Fsp3) is 0.100. The van der Waals surface area contributed by atoms with Gasteiger partial charge in [0.1, 0.15) is 11.3 Å². The van der Waals surface area contributed by atoms with Crippen LogP contribution in [-0.2, 0) is 0 Å². The van der Waals surface area contributed by atoms with Crippen LogP contribution in [0.1, 0.15) is 0 Å². The summed E-state index contributed by atoms with van der Waals surface area (Å²) in [7, 11) is 1.47. The number of nitro benzene ring substituents is 1. The molecule has 0 unspecified atom stereocenters. The maximum atomic E-state index is 10.8. The number of nitro groups is 1. The van der Waals surface area contributed by atoms with E-state index in [1.54, 1.807) is 18.2 Å².